The van der Waals surface area contributed by atoms with Gasteiger partial charge in [0.2, 0.25) is 5.91 Å². The second kappa shape index (κ2) is 6.00. The van der Waals surface area contributed by atoms with Gasteiger partial charge in [0.05, 0.1) is 10.2 Å². The van der Waals surface area contributed by atoms with E-state index in [9.17, 15) is 9.59 Å². The summed E-state index contributed by atoms with van der Waals surface area (Å²) in [5.74, 6) is -0.171. The summed E-state index contributed by atoms with van der Waals surface area (Å²) < 4.78 is 2.44. The first-order chi connectivity index (χ1) is 9.45. The van der Waals surface area contributed by atoms with E-state index in [1.54, 1.807) is 35.1 Å². The average Bonchev–Trinajstić information content (AvgIpc) is 2.68. The van der Waals surface area contributed by atoms with Crippen LogP contribution in [0.2, 0.25) is 0 Å². The molecule has 0 saturated carbocycles. The van der Waals surface area contributed by atoms with Crippen molar-refractivity contribution in [2.45, 2.75) is 20.4 Å². The Morgan fingerprint density at radius 2 is 1.95 bits per heavy atom. The van der Waals surface area contributed by atoms with E-state index >= 15 is 0 Å². The number of nitrogens with zero attached hydrogens (tertiary/aromatic N) is 2. The van der Waals surface area contributed by atoms with Gasteiger partial charge in [-0.25, -0.2) is 0 Å². The van der Waals surface area contributed by atoms with Crippen LogP contribution in [0.3, 0.4) is 0 Å². The Kier molecular flexibility index (Phi) is 4.34. The van der Waals surface area contributed by atoms with Gasteiger partial charge in [-0.1, -0.05) is 0 Å². The van der Waals surface area contributed by atoms with Crippen molar-refractivity contribution in [3.05, 3.63) is 46.2 Å². The lowest BCUT2D eigenvalue weighted by molar-refractivity contribution is -0.116. The summed E-state index contributed by atoms with van der Waals surface area (Å²) in [6.07, 6.45) is 1.76. The highest BCUT2D eigenvalue weighted by Crippen LogP contribution is 2.14. The van der Waals surface area contributed by atoms with Crippen molar-refractivity contribution in [3.8, 4) is 0 Å². The molecule has 0 radical (unpaired) electrons. The molecule has 1 aromatic heterocycles. The maximum Gasteiger partial charge on any atom is 0.246 e. The summed E-state index contributed by atoms with van der Waals surface area (Å²) >= 11 is 3.35. The number of amides is 1. The number of hydrogen-bond donors (Lipinski definition) is 1. The third-order valence-corrected chi connectivity index (χ3v) is 3.55. The molecular weight excluding hydrogens is 322 g/mol. The van der Waals surface area contributed by atoms with Crippen LogP contribution >= 0.6 is 15.9 Å². The van der Waals surface area contributed by atoms with Gasteiger partial charge < -0.3 is 5.32 Å². The van der Waals surface area contributed by atoms with E-state index in [4.69, 9.17) is 0 Å². The van der Waals surface area contributed by atoms with E-state index in [0.717, 1.165) is 10.2 Å². The summed E-state index contributed by atoms with van der Waals surface area (Å²) in [7, 11) is 0. The summed E-state index contributed by atoms with van der Waals surface area (Å²) in [6, 6.07) is 6.79. The molecule has 0 atom stereocenters. The molecule has 2 aromatic rings. The van der Waals surface area contributed by atoms with Crippen molar-refractivity contribution in [3.63, 3.8) is 0 Å². The van der Waals surface area contributed by atoms with Crippen LogP contribution < -0.4 is 5.32 Å². The standard InChI is InChI=1S/C14H14BrN3O2/c1-9-13(15)7-18(17-9)8-14(20)16-12-5-3-11(4-6-12)10(2)19/h3-7H,8H2,1-2H3,(H,16,20). The Labute approximate surface area is 125 Å². The van der Waals surface area contributed by atoms with Gasteiger partial charge in [-0.15, -0.1) is 0 Å². The van der Waals surface area contributed by atoms with Crippen LogP contribution in [0.15, 0.2) is 34.9 Å². The van der Waals surface area contributed by atoms with E-state index in [2.05, 4.69) is 26.3 Å². The molecule has 1 N–H and O–H groups in total. The monoisotopic (exact) mass is 335 g/mol. The van der Waals surface area contributed by atoms with Crippen LogP contribution in [0.5, 0.6) is 0 Å². The molecule has 2 rings (SSSR count). The van der Waals surface area contributed by atoms with Crippen LogP contribution in [0.1, 0.15) is 23.0 Å². The maximum absolute atomic E-state index is 11.9. The predicted octanol–water partition coefficient (Wildman–Crippen LogP) is 2.80. The fraction of sp³-hybridized carbons (Fsp3) is 0.214. The van der Waals surface area contributed by atoms with Crippen molar-refractivity contribution in [2.24, 2.45) is 0 Å². The van der Waals surface area contributed by atoms with Gasteiger partial charge in [-0.05, 0) is 54.0 Å². The molecule has 0 aliphatic heterocycles. The molecule has 0 saturated heterocycles. The van der Waals surface area contributed by atoms with Crippen LogP contribution in [-0.2, 0) is 11.3 Å². The first-order valence-corrected chi connectivity index (χ1v) is 6.85. The Bertz CT molecular complexity index is 627. The minimum atomic E-state index is -0.171. The summed E-state index contributed by atoms with van der Waals surface area (Å²) in [4.78, 5) is 23.0. The molecule has 0 unspecified atom stereocenters. The zero-order valence-electron chi connectivity index (χ0n) is 11.2. The normalized spacial score (nSPS) is 10.3. The van der Waals surface area contributed by atoms with Gasteiger partial charge in [0.25, 0.3) is 0 Å². The van der Waals surface area contributed by atoms with Gasteiger partial charge in [0.1, 0.15) is 6.54 Å². The molecular formula is C14H14BrN3O2. The van der Waals surface area contributed by atoms with Crippen molar-refractivity contribution in [1.82, 2.24) is 9.78 Å². The molecule has 104 valence electrons. The zero-order valence-corrected chi connectivity index (χ0v) is 12.8. The van der Waals surface area contributed by atoms with E-state index in [-0.39, 0.29) is 18.2 Å². The second-order valence-corrected chi connectivity index (χ2v) is 5.30. The molecule has 1 heterocycles. The van der Waals surface area contributed by atoms with E-state index in [0.29, 0.717) is 11.3 Å². The summed E-state index contributed by atoms with van der Waals surface area (Å²) in [5, 5.41) is 6.95. The quantitative estimate of drug-likeness (QED) is 0.874. The number of hydrogen-bond acceptors (Lipinski definition) is 3. The number of aromatic nitrogens is 2. The first-order valence-electron chi connectivity index (χ1n) is 6.06. The van der Waals surface area contributed by atoms with Crippen LogP contribution in [-0.4, -0.2) is 21.5 Å². The number of Topliss-reactive ketones (excluding diaryl/α,β-unsaturated/α-hetero) is 1. The van der Waals surface area contributed by atoms with Crippen molar-refractivity contribution in [2.75, 3.05) is 5.32 Å². The highest BCUT2D eigenvalue weighted by molar-refractivity contribution is 9.10. The van der Waals surface area contributed by atoms with Gasteiger partial charge in [0, 0.05) is 17.4 Å². The van der Waals surface area contributed by atoms with Gasteiger partial charge in [0.15, 0.2) is 5.78 Å². The zero-order chi connectivity index (χ0) is 14.7. The molecule has 20 heavy (non-hydrogen) atoms. The Morgan fingerprint density at radius 3 is 2.45 bits per heavy atom. The third-order valence-electron chi connectivity index (χ3n) is 2.77. The van der Waals surface area contributed by atoms with Crippen LogP contribution in [0, 0.1) is 6.92 Å². The Balaban J connectivity index is 1.99. The van der Waals surface area contributed by atoms with E-state index < -0.39 is 0 Å². The number of carbonyl (C=O) groups is 2. The number of halogens is 1. The SMILES string of the molecule is CC(=O)c1ccc(NC(=O)Cn2cc(Br)c(C)n2)cc1. The van der Waals surface area contributed by atoms with Crippen molar-refractivity contribution in [1.29, 1.82) is 0 Å². The average molecular weight is 336 g/mol. The fourth-order valence-corrected chi connectivity index (χ4v) is 2.03. The van der Waals surface area contributed by atoms with Crippen molar-refractivity contribution >= 4 is 33.3 Å². The Morgan fingerprint density at radius 1 is 1.30 bits per heavy atom. The lowest BCUT2D eigenvalue weighted by Crippen LogP contribution is -2.19. The molecule has 0 bridgehead atoms. The number of aryl methyl sites for hydroxylation is 1. The van der Waals surface area contributed by atoms with Gasteiger partial charge in [-0.2, -0.15) is 5.10 Å². The molecule has 0 aliphatic rings. The minimum Gasteiger partial charge on any atom is -0.324 e. The third kappa shape index (κ3) is 3.54. The topological polar surface area (TPSA) is 64.0 Å². The van der Waals surface area contributed by atoms with Crippen LogP contribution in [0.4, 0.5) is 5.69 Å². The second-order valence-electron chi connectivity index (χ2n) is 4.44. The molecule has 0 aliphatic carbocycles. The Hall–Kier alpha value is -1.95. The maximum atomic E-state index is 11.9. The molecule has 1 aromatic carbocycles. The number of nitrogens with one attached hydrogen (secondary N) is 1. The highest BCUT2D eigenvalue weighted by atomic mass is 79.9. The molecule has 6 heteroatoms. The molecule has 0 spiro atoms. The molecule has 5 nitrogen and oxygen atoms in total. The minimum absolute atomic E-state index is 0.000238. The highest BCUT2D eigenvalue weighted by Gasteiger charge is 2.07. The largest absolute Gasteiger partial charge is 0.324 e. The van der Waals surface area contributed by atoms with E-state index in [1.807, 2.05) is 6.92 Å². The number of benzene rings is 1. The van der Waals surface area contributed by atoms with E-state index in [1.165, 1.54) is 6.92 Å². The van der Waals surface area contributed by atoms with Crippen LogP contribution in [0.25, 0.3) is 0 Å². The number of ketones is 1. The van der Waals surface area contributed by atoms with Gasteiger partial charge in [-0.3, -0.25) is 14.3 Å². The van der Waals surface area contributed by atoms with Crippen molar-refractivity contribution < 1.29 is 9.59 Å². The fourth-order valence-electron chi connectivity index (χ4n) is 1.71. The number of carbonyl (C=O) groups excluding carboxylic acids is 2. The molecule has 0 fully saturated rings. The summed E-state index contributed by atoms with van der Waals surface area (Å²) in [6.45, 7) is 3.51. The lowest BCUT2D eigenvalue weighted by atomic mass is 10.1. The number of rotatable bonds is 4. The smallest absolute Gasteiger partial charge is 0.246 e. The number of anilines is 1. The molecule has 1 amide bonds. The lowest BCUT2D eigenvalue weighted by Gasteiger charge is -2.06. The summed E-state index contributed by atoms with van der Waals surface area (Å²) in [5.41, 5.74) is 2.11. The first kappa shape index (κ1) is 14.5. The predicted molar refractivity (Wildman–Crippen MR) is 79.7 cm³/mol. The van der Waals surface area contributed by atoms with Gasteiger partial charge >= 0.3 is 0 Å².